The van der Waals surface area contributed by atoms with E-state index in [4.69, 9.17) is 5.73 Å². The molecule has 3 N–H and O–H groups in total. The predicted molar refractivity (Wildman–Crippen MR) is 62.0 cm³/mol. The summed E-state index contributed by atoms with van der Waals surface area (Å²) >= 11 is 0. The Morgan fingerprint density at radius 3 is 1.95 bits per heavy atom. The number of halogens is 6. The van der Waals surface area contributed by atoms with Gasteiger partial charge in [-0.15, -0.1) is 0 Å². The van der Waals surface area contributed by atoms with E-state index in [1.54, 1.807) is 35.6 Å². The summed E-state index contributed by atoms with van der Waals surface area (Å²) < 4.78 is 73.8. The Kier molecular flexibility index (Phi) is 5.21. The Hall–Kier alpha value is -1.77. The fourth-order valence-corrected chi connectivity index (χ4v) is 1.61. The van der Waals surface area contributed by atoms with E-state index in [0.29, 0.717) is 5.56 Å². The number of nitrogens with one attached hydrogen (secondary N) is 1. The Morgan fingerprint density at radius 2 is 1.52 bits per heavy atom. The second-order valence-electron chi connectivity index (χ2n) is 4.28. The average molecular weight is 314 g/mol. The van der Waals surface area contributed by atoms with Crippen LogP contribution < -0.4 is 11.1 Å². The molecule has 0 fully saturated rings. The second-order valence-corrected chi connectivity index (χ2v) is 4.28. The Bertz CT molecular complexity index is 457. The zero-order chi connectivity index (χ0) is 16.3. The minimum Gasteiger partial charge on any atom is -0.353 e. The first-order valence-electron chi connectivity index (χ1n) is 5.75. The largest absolute Gasteiger partial charge is 0.409 e. The summed E-state index contributed by atoms with van der Waals surface area (Å²) in [5, 5.41) is 1.59. The molecule has 0 saturated carbocycles. The molecule has 0 bridgehead atoms. The summed E-state index contributed by atoms with van der Waals surface area (Å²) in [6.45, 7) is -0.536. The molecule has 1 atom stereocenters. The molecule has 1 rings (SSSR count). The lowest BCUT2D eigenvalue weighted by Crippen LogP contribution is -2.49. The van der Waals surface area contributed by atoms with E-state index >= 15 is 0 Å². The number of benzene rings is 1. The minimum atomic E-state index is -5.71. The van der Waals surface area contributed by atoms with Gasteiger partial charge in [0.1, 0.15) is 0 Å². The fourth-order valence-electron chi connectivity index (χ4n) is 1.61. The van der Waals surface area contributed by atoms with Crippen molar-refractivity contribution in [3.05, 3.63) is 35.9 Å². The summed E-state index contributed by atoms with van der Waals surface area (Å²) in [7, 11) is 0. The van der Waals surface area contributed by atoms with Gasteiger partial charge in [0, 0.05) is 12.6 Å². The Labute approximate surface area is 116 Å². The van der Waals surface area contributed by atoms with Gasteiger partial charge in [-0.25, -0.2) is 0 Å². The van der Waals surface area contributed by atoms with Gasteiger partial charge in [0.2, 0.25) is 11.8 Å². The number of carbonyl (C=O) groups is 1. The van der Waals surface area contributed by atoms with Gasteiger partial charge in [-0.1, -0.05) is 30.3 Å². The molecule has 0 heterocycles. The highest BCUT2D eigenvalue weighted by Gasteiger charge is 2.61. The topological polar surface area (TPSA) is 55.1 Å². The summed E-state index contributed by atoms with van der Waals surface area (Å²) in [6.07, 6.45) is -11.4. The van der Waals surface area contributed by atoms with Crippen LogP contribution in [-0.4, -0.2) is 24.8 Å². The van der Waals surface area contributed by atoms with Crippen LogP contribution in [0.4, 0.5) is 26.3 Å². The summed E-state index contributed by atoms with van der Waals surface area (Å²) in [4.78, 5) is 11.2. The van der Waals surface area contributed by atoms with Gasteiger partial charge in [-0.3, -0.25) is 4.79 Å². The first kappa shape index (κ1) is 17.3. The van der Waals surface area contributed by atoms with Crippen LogP contribution in [0.15, 0.2) is 30.3 Å². The van der Waals surface area contributed by atoms with Gasteiger partial charge in [-0.2, -0.15) is 26.3 Å². The molecule has 21 heavy (non-hydrogen) atoms. The van der Waals surface area contributed by atoms with Crippen molar-refractivity contribution in [2.24, 2.45) is 11.7 Å². The van der Waals surface area contributed by atoms with E-state index in [-0.39, 0.29) is 0 Å². The zero-order valence-corrected chi connectivity index (χ0v) is 10.5. The van der Waals surface area contributed by atoms with Gasteiger partial charge in [-0.05, 0) is 5.56 Å². The molecule has 1 amide bonds. The molecular formula is C12H12F6N2O. The average Bonchev–Trinajstić information content (AvgIpc) is 2.33. The van der Waals surface area contributed by atoms with Crippen LogP contribution in [0.2, 0.25) is 0 Å². The molecule has 0 aliphatic rings. The van der Waals surface area contributed by atoms with E-state index < -0.39 is 36.8 Å². The maximum atomic E-state index is 12.3. The van der Waals surface area contributed by atoms with E-state index in [9.17, 15) is 31.1 Å². The number of carbonyl (C=O) groups excluding carboxylic acids is 1. The van der Waals surface area contributed by atoms with E-state index in [2.05, 4.69) is 0 Å². The van der Waals surface area contributed by atoms with Crippen molar-refractivity contribution in [2.75, 3.05) is 6.54 Å². The van der Waals surface area contributed by atoms with Crippen molar-refractivity contribution >= 4 is 5.91 Å². The lowest BCUT2D eigenvalue weighted by Gasteiger charge is -2.23. The third kappa shape index (κ3) is 4.92. The molecule has 0 saturated heterocycles. The van der Waals surface area contributed by atoms with Crippen LogP contribution in [-0.2, 0) is 4.79 Å². The van der Waals surface area contributed by atoms with Gasteiger partial charge >= 0.3 is 12.4 Å². The van der Waals surface area contributed by atoms with Crippen LogP contribution in [0.25, 0.3) is 0 Å². The molecule has 1 unspecified atom stereocenters. The van der Waals surface area contributed by atoms with Crippen LogP contribution in [0.5, 0.6) is 0 Å². The van der Waals surface area contributed by atoms with Gasteiger partial charge in [0.05, 0.1) is 0 Å². The van der Waals surface area contributed by atoms with Crippen LogP contribution in [0, 0.1) is 5.92 Å². The van der Waals surface area contributed by atoms with Crippen molar-refractivity contribution in [3.63, 3.8) is 0 Å². The predicted octanol–water partition coefficient (Wildman–Crippen LogP) is 2.54. The summed E-state index contributed by atoms with van der Waals surface area (Å²) in [6, 6.07) is 7.05. The second kappa shape index (κ2) is 6.33. The number of rotatable bonds is 4. The maximum absolute atomic E-state index is 12.3. The van der Waals surface area contributed by atoms with Crippen LogP contribution >= 0.6 is 0 Å². The molecule has 1 aromatic carbocycles. The standard InChI is InChI=1S/C12H12F6N2O/c13-11(14,15)9(12(16,17)18)10(21)20-6-8(19)7-4-2-1-3-5-7/h1-5,8-9H,6,19H2,(H,20,21). The molecule has 0 radical (unpaired) electrons. The van der Waals surface area contributed by atoms with E-state index in [1.807, 2.05) is 0 Å². The number of nitrogens with two attached hydrogens (primary N) is 1. The lowest BCUT2D eigenvalue weighted by molar-refractivity contribution is -0.274. The van der Waals surface area contributed by atoms with Crippen molar-refractivity contribution < 1.29 is 31.1 Å². The van der Waals surface area contributed by atoms with Crippen molar-refractivity contribution in [1.82, 2.24) is 5.32 Å². The third-order valence-electron chi connectivity index (χ3n) is 2.64. The summed E-state index contributed by atoms with van der Waals surface area (Å²) in [5.74, 6) is -6.23. The SMILES string of the molecule is NC(CNC(=O)C(C(F)(F)F)C(F)(F)F)c1ccccc1. The van der Waals surface area contributed by atoms with Gasteiger partial charge < -0.3 is 11.1 Å². The molecule has 1 aromatic rings. The maximum Gasteiger partial charge on any atom is 0.409 e. The molecule has 9 heteroatoms. The van der Waals surface area contributed by atoms with Crippen molar-refractivity contribution in [1.29, 1.82) is 0 Å². The molecular weight excluding hydrogens is 302 g/mol. The van der Waals surface area contributed by atoms with Crippen molar-refractivity contribution in [2.45, 2.75) is 18.4 Å². The van der Waals surface area contributed by atoms with Gasteiger partial charge in [0.25, 0.3) is 0 Å². The molecule has 3 nitrogen and oxygen atoms in total. The normalized spacial score (nSPS) is 14.1. The van der Waals surface area contributed by atoms with Crippen LogP contribution in [0.3, 0.4) is 0 Å². The highest BCUT2D eigenvalue weighted by molar-refractivity contribution is 5.80. The Balaban J connectivity index is 2.71. The molecule has 0 aliphatic heterocycles. The number of alkyl halides is 6. The third-order valence-corrected chi connectivity index (χ3v) is 2.64. The quantitative estimate of drug-likeness (QED) is 0.839. The monoisotopic (exact) mass is 314 g/mol. The fraction of sp³-hybridized carbons (Fsp3) is 0.417. The first-order chi connectivity index (χ1) is 9.53. The van der Waals surface area contributed by atoms with Crippen molar-refractivity contribution in [3.8, 4) is 0 Å². The highest BCUT2D eigenvalue weighted by atomic mass is 19.4. The highest BCUT2D eigenvalue weighted by Crippen LogP contribution is 2.39. The minimum absolute atomic E-state index is 0.480. The van der Waals surface area contributed by atoms with E-state index in [1.165, 1.54) is 0 Å². The number of hydrogen-bond donors (Lipinski definition) is 2. The van der Waals surface area contributed by atoms with E-state index in [0.717, 1.165) is 0 Å². The Morgan fingerprint density at radius 1 is 1.05 bits per heavy atom. The molecule has 0 aromatic heterocycles. The lowest BCUT2D eigenvalue weighted by atomic mass is 10.1. The molecule has 0 spiro atoms. The van der Waals surface area contributed by atoms with Gasteiger partial charge in [0.15, 0.2) is 0 Å². The number of hydrogen-bond acceptors (Lipinski definition) is 2. The summed E-state index contributed by atoms with van der Waals surface area (Å²) in [5.41, 5.74) is 6.06. The molecule has 0 aliphatic carbocycles. The zero-order valence-electron chi connectivity index (χ0n) is 10.5. The number of amides is 1. The first-order valence-corrected chi connectivity index (χ1v) is 5.75. The smallest absolute Gasteiger partial charge is 0.353 e. The molecule has 118 valence electrons. The van der Waals surface area contributed by atoms with Crippen LogP contribution in [0.1, 0.15) is 11.6 Å².